The molecule has 0 radical (unpaired) electrons. The van der Waals surface area contributed by atoms with E-state index in [0.717, 1.165) is 16.8 Å². The number of morpholine rings is 1. The third kappa shape index (κ3) is 3.51. The second-order valence-corrected chi connectivity index (χ2v) is 7.48. The van der Waals surface area contributed by atoms with Gasteiger partial charge in [0, 0.05) is 18.7 Å². The average Bonchev–Trinajstić information content (AvgIpc) is 3.19. The van der Waals surface area contributed by atoms with Crippen LogP contribution in [-0.4, -0.2) is 51.7 Å². The first-order valence-electron chi connectivity index (χ1n) is 10.2. The molecule has 0 spiro atoms. The topological polar surface area (TPSA) is 99.2 Å². The molecule has 0 saturated carbocycles. The Morgan fingerprint density at radius 3 is 2.35 bits per heavy atom. The van der Waals surface area contributed by atoms with Crippen molar-refractivity contribution in [3.8, 4) is 17.1 Å². The molecule has 4 aromatic rings. The molecule has 1 amide bonds. The molecular formula is C23H22N6O2. The van der Waals surface area contributed by atoms with Crippen molar-refractivity contribution in [1.82, 2.24) is 19.5 Å². The lowest BCUT2D eigenvalue weighted by molar-refractivity contribution is 0.0997. The lowest BCUT2D eigenvalue weighted by Crippen LogP contribution is -2.37. The number of fused-ring (bicyclic) bond motifs is 1. The van der Waals surface area contributed by atoms with Crippen LogP contribution in [0.1, 0.15) is 16.1 Å². The van der Waals surface area contributed by atoms with Gasteiger partial charge in [0.25, 0.3) is 5.91 Å². The third-order valence-electron chi connectivity index (χ3n) is 5.34. The number of nitrogens with zero attached hydrogens (tertiary/aromatic N) is 5. The Labute approximate surface area is 179 Å². The minimum Gasteiger partial charge on any atom is -0.378 e. The average molecular weight is 414 g/mol. The van der Waals surface area contributed by atoms with Gasteiger partial charge in [-0.1, -0.05) is 48.0 Å². The Morgan fingerprint density at radius 2 is 1.68 bits per heavy atom. The van der Waals surface area contributed by atoms with Crippen LogP contribution in [-0.2, 0) is 4.74 Å². The van der Waals surface area contributed by atoms with Crippen molar-refractivity contribution in [1.29, 1.82) is 0 Å². The number of hydrogen-bond acceptors (Lipinski definition) is 6. The van der Waals surface area contributed by atoms with Gasteiger partial charge >= 0.3 is 0 Å². The zero-order chi connectivity index (χ0) is 21.4. The second-order valence-electron chi connectivity index (χ2n) is 7.48. The fraction of sp³-hybridized carbons (Fsp3) is 0.217. The van der Waals surface area contributed by atoms with Gasteiger partial charge < -0.3 is 15.4 Å². The van der Waals surface area contributed by atoms with E-state index in [-0.39, 0.29) is 5.69 Å². The molecule has 2 aromatic heterocycles. The number of ether oxygens (including phenoxy) is 1. The first kappa shape index (κ1) is 19.2. The van der Waals surface area contributed by atoms with E-state index in [0.29, 0.717) is 49.2 Å². The van der Waals surface area contributed by atoms with Crippen LogP contribution in [0.5, 0.6) is 0 Å². The van der Waals surface area contributed by atoms with Crippen molar-refractivity contribution < 1.29 is 9.53 Å². The number of imidazole rings is 1. The molecule has 2 aromatic carbocycles. The quantitative estimate of drug-likeness (QED) is 0.551. The summed E-state index contributed by atoms with van der Waals surface area (Å²) in [5.74, 6) is 0.501. The molecule has 156 valence electrons. The molecule has 0 aliphatic carbocycles. The molecule has 8 heteroatoms. The predicted octanol–water partition coefficient (Wildman–Crippen LogP) is 2.73. The second kappa shape index (κ2) is 7.81. The summed E-state index contributed by atoms with van der Waals surface area (Å²) in [6.45, 7) is 4.63. The summed E-state index contributed by atoms with van der Waals surface area (Å²) in [5, 5.41) is 0. The zero-order valence-corrected chi connectivity index (χ0v) is 17.2. The molecule has 1 aliphatic rings. The van der Waals surface area contributed by atoms with Gasteiger partial charge in [-0.05, 0) is 19.1 Å². The van der Waals surface area contributed by atoms with Crippen molar-refractivity contribution in [2.75, 3.05) is 31.2 Å². The standard InChI is InChI=1S/C23H22N6O2/c1-15-7-9-16(10-8-15)21-25-18(20(24)30)19-22(27-21)29(17-5-3-2-4-6-17)23(26-19)28-11-13-31-14-12-28/h2-10H,11-14H2,1H3,(H2,24,30). The molecule has 0 atom stereocenters. The number of nitrogens with two attached hydrogens (primary N) is 1. The first-order valence-corrected chi connectivity index (χ1v) is 10.2. The Balaban J connectivity index is 1.80. The highest BCUT2D eigenvalue weighted by molar-refractivity contribution is 6.03. The van der Waals surface area contributed by atoms with Crippen LogP contribution in [0.25, 0.3) is 28.2 Å². The molecule has 1 aliphatic heterocycles. The Morgan fingerprint density at radius 1 is 0.968 bits per heavy atom. The van der Waals surface area contributed by atoms with Gasteiger partial charge in [0.1, 0.15) is 5.52 Å². The molecule has 2 N–H and O–H groups in total. The highest BCUT2D eigenvalue weighted by Crippen LogP contribution is 2.30. The van der Waals surface area contributed by atoms with Gasteiger partial charge in [-0.3, -0.25) is 9.36 Å². The van der Waals surface area contributed by atoms with Crippen LogP contribution >= 0.6 is 0 Å². The van der Waals surface area contributed by atoms with Crippen LogP contribution in [0.15, 0.2) is 54.6 Å². The number of aryl methyl sites for hydroxylation is 1. The molecule has 1 fully saturated rings. The summed E-state index contributed by atoms with van der Waals surface area (Å²) in [4.78, 5) is 28.6. The highest BCUT2D eigenvalue weighted by Gasteiger charge is 2.25. The molecule has 3 heterocycles. The van der Waals surface area contributed by atoms with Crippen LogP contribution in [0.2, 0.25) is 0 Å². The van der Waals surface area contributed by atoms with Crippen molar-refractivity contribution in [2.45, 2.75) is 6.92 Å². The lowest BCUT2D eigenvalue weighted by atomic mass is 10.1. The molecule has 0 unspecified atom stereocenters. The summed E-state index contributed by atoms with van der Waals surface area (Å²) >= 11 is 0. The number of benzene rings is 2. The van der Waals surface area contributed by atoms with Gasteiger partial charge in [-0.25, -0.2) is 15.0 Å². The van der Waals surface area contributed by atoms with Crippen molar-refractivity contribution in [3.05, 3.63) is 65.9 Å². The summed E-state index contributed by atoms with van der Waals surface area (Å²) in [6, 6.07) is 17.7. The fourth-order valence-electron chi connectivity index (χ4n) is 3.74. The van der Waals surface area contributed by atoms with E-state index in [9.17, 15) is 4.79 Å². The summed E-state index contributed by atoms with van der Waals surface area (Å²) in [5.41, 5.74) is 9.61. The summed E-state index contributed by atoms with van der Waals surface area (Å²) < 4.78 is 7.47. The monoisotopic (exact) mass is 414 g/mol. The van der Waals surface area contributed by atoms with E-state index in [1.165, 1.54) is 0 Å². The minimum atomic E-state index is -0.632. The molecule has 8 nitrogen and oxygen atoms in total. The minimum absolute atomic E-state index is 0.116. The van der Waals surface area contributed by atoms with E-state index in [4.69, 9.17) is 20.4 Å². The molecule has 31 heavy (non-hydrogen) atoms. The summed E-state index contributed by atoms with van der Waals surface area (Å²) in [6.07, 6.45) is 0. The van der Waals surface area contributed by atoms with Gasteiger partial charge in [0.2, 0.25) is 5.95 Å². The van der Waals surface area contributed by atoms with Crippen LogP contribution in [0.4, 0.5) is 5.95 Å². The number of para-hydroxylation sites is 1. The van der Waals surface area contributed by atoms with Crippen molar-refractivity contribution in [2.24, 2.45) is 5.73 Å². The number of carbonyl (C=O) groups excluding carboxylic acids is 1. The summed E-state index contributed by atoms with van der Waals surface area (Å²) in [7, 11) is 0. The number of carbonyl (C=O) groups is 1. The van der Waals surface area contributed by atoms with E-state index in [1.807, 2.05) is 66.1 Å². The predicted molar refractivity (Wildman–Crippen MR) is 118 cm³/mol. The van der Waals surface area contributed by atoms with E-state index in [2.05, 4.69) is 9.88 Å². The highest BCUT2D eigenvalue weighted by atomic mass is 16.5. The number of anilines is 1. The third-order valence-corrected chi connectivity index (χ3v) is 5.34. The van der Waals surface area contributed by atoms with Gasteiger partial charge in [0.15, 0.2) is 17.2 Å². The Kier molecular flexibility index (Phi) is 4.83. The molecule has 0 bridgehead atoms. The number of amides is 1. The fourth-order valence-corrected chi connectivity index (χ4v) is 3.74. The van der Waals surface area contributed by atoms with E-state index < -0.39 is 5.91 Å². The van der Waals surface area contributed by atoms with Crippen LogP contribution in [0.3, 0.4) is 0 Å². The Bertz CT molecular complexity index is 1240. The van der Waals surface area contributed by atoms with Crippen LogP contribution < -0.4 is 10.6 Å². The SMILES string of the molecule is Cc1ccc(-c2nc(C(N)=O)c3nc(N4CCOCC4)n(-c4ccccc4)c3n2)cc1. The van der Waals surface area contributed by atoms with Gasteiger partial charge in [-0.2, -0.15) is 0 Å². The molecular weight excluding hydrogens is 392 g/mol. The van der Waals surface area contributed by atoms with Gasteiger partial charge in [0.05, 0.1) is 18.9 Å². The number of rotatable bonds is 4. The molecule has 1 saturated heterocycles. The van der Waals surface area contributed by atoms with Crippen molar-refractivity contribution in [3.63, 3.8) is 0 Å². The smallest absolute Gasteiger partial charge is 0.269 e. The molecule has 5 rings (SSSR count). The zero-order valence-electron chi connectivity index (χ0n) is 17.2. The normalized spacial score (nSPS) is 14.2. The maximum atomic E-state index is 12.3. The van der Waals surface area contributed by atoms with Gasteiger partial charge in [-0.15, -0.1) is 0 Å². The first-order chi connectivity index (χ1) is 15.1. The maximum Gasteiger partial charge on any atom is 0.269 e. The number of aromatic nitrogens is 4. The van der Waals surface area contributed by atoms with Crippen LogP contribution in [0, 0.1) is 6.92 Å². The largest absolute Gasteiger partial charge is 0.378 e. The number of primary amides is 1. The maximum absolute atomic E-state index is 12.3. The van der Waals surface area contributed by atoms with E-state index in [1.54, 1.807) is 0 Å². The Hall–Kier alpha value is -3.78. The van der Waals surface area contributed by atoms with E-state index >= 15 is 0 Å². The van der Waals surface area contributed by atoms with Crippen molar-refractivity contribution >= 4 is 23.0 Å². The number of hydrogen-bond donors (Lipinski definition) is 1. The lowest BCUT2D eigenvalue weighted by Gasteiger charge is -2.28.